The molecule has 1 fully saturated rings. The summed E-state index contributed by atoms with van der Waals surface area (Å²) in [5, 5.41) is 4.06. The Balaban J connectivity index is 1.50. The molecule has 1 saturated heterocycles. The zero-order valence-electron chi connectivity index (χ0n) is 16.5. The monoisotopic (exact) mass is 412 g/mol. The lowest BCUT2D eigenvalue weighted by Gasteiger charge is -2.26. The second kappa shape index (κ2) is 9.35. The van der Waals surface area contributed by atoms with Crippen LogP contribution in [-0.4, -0.2) is 63.8 Å². The normalized spacial score (nSPS) is 14.8. The van der Waals surface area contributed by atoms with Crippen LogP contribution in [-0.2, 0) is 11.8 Å². The van der Waals surface area contributed by atoms with E-state index in [1.807, 2.05) is 48.3 Å². The van der Waals surface area contributed by atoms with E-state index in [-0.39, 0.29) is 0 Å². The van der Waals surface area contributed by atoms with Crippen molar-refractivity contribution in [1.29, 1.82) is 0 Å². The maximum Gasteiger partial charge on any atom is 0.223 e. The lowest BCUT2D eigenvalue weighted by Crippen LogP contribution is -2.37. The van der Waals surface area contributed by atoms with Gasteiger partial charge in [0.1, 0.15) is 5.69 Å². The van der Waals surface area contributed by atoms with Gasteiger partial charge in [0.15, 0.2) is 5.82 Å². The van der Waals surface area contributed by atoms with E-state index in [4.69, 9.17) is 21.3 Å². The van der Waals surface area contributed by atoms with Gasteiger partial charge in [0.25, 0.3) is 0 Å². The number of hydrogen-bond donors (Lipinski definition) is 1. The van der Waals surface area contributed by atoms with E-state index in [0.717, 1.165) is 68.5 Å². The molecule has 0 aliphatic carbocycles. The Morgan fingerprint density at radius 2 is 1.93 bits per heavy atom. The highest BCUT2D eigenvalue weighted by Gasteiger charge is 2.15. The summed E-state index contributed by atoms with van der Waals surface area (Å²) in [5.74, 6) is 1.41. The number of nitrogens with zero attached hydrogens (tertiary/aromatic N) is 5. The first-order valence-corrected chi connectivity index (χ1v) is 10.2. The summed E-state index contributed by atoms with van der Waals surface area (Å²) >= 11 is 6.05. The van der Waals surface area contributed by atoms with Gasteiger partial charge in [-0.25, -0.2) is 15.0 Å². The molecule has 2 aromatic heterocycles. The first-order chi connectivity index (χ1) is 14.2. The van der Waals surface area contributed by atoms with Crippen LogP contribution < -0.4 is 5.32 Å². The Morgan fingerprint density at radius 3 is 2.66 bits per heavy atom. The van der Waals surface area contributed by atoms with Crippen LogP contribution in [0.25, 0.3) is 22.6 Å². The molecule has 4 rings (SSSR count). The maximum absolute atomic E-state index is 6.05. The largest absolute Gasteiger partial charge is 0.379 e. The van der Waals surface area contributed by atoms with Crippen molar-refractivity contribution in [2.24, 2.45) is 7.05 Å². The van der Waals surface area contributed by atoms with Crippen molar-refractivity contribution < 1.29 is 4.74 Å². The van der Waals surface area contributed by atoms with Gasteiger partial charge in [-0.1, -0.05) is 23.7 Å². The summed E-state index contributed by atoms with van der Waals surface area (Å²) in [7, 11) is 1.96. The topological polar surface area (TPSA) is 68.1 Å². The molecule has 3 aromatic rings. The Labute approximate surface area is 175 Å². The number of halogens is 1. The third-order valence-corrected chi connectivity index (χ3v) is 5.27. The Bertz CT molecular complexity index is 937. The summed E-state index contributed by atoms with van der Waals surface area (Å²) in [4.78, 5) is 16.2. The van der Waals surface area contributed by atoms with Gasteiger partial charge in [-0.05, 0) is 30.7 Å². The third kappa shape index (κ3) is 4.93. The van der Waals surface area contributed by atoms with E-state index in [1.165, 1.54) is 0 Å². The van der Waals surface area contributed by atoms with E-state index < -0.39 is 0 Å². The fourth-order valence-corrected chi connectivity index (χ4v) is 3.53. The quantitative estimate of drug-likeness (QED) is 0.600. The molecule has 0 unspecified atom stereocenters. The second-order valence-corrected chi connectivity index (χ2v) is 7.50. The minimum atomic E-state index is 0.614. The molecule has 0 atom stereocenters. The fourth-order valence-electron chi connectivity index (χ4n) is 3.40. The van der Waals surface area contributed by atoms with Gasteiger partial charge in [-0.15, -0.1) is 0 Å². The molecular formula is C21H25ClN6O. The summed E-state index contributed by atoms with van der Waals surface area (Å²) < 4.78 is 7.36. The molecule has 0 radical (unpaired) electrons. The predicted octanol–water partition coefficient (Wildman–Crippen LogP) is 3.33. The molecule has 0 bridgehead atoms. The molecular weight excluding hydrogens is 388 g/mol. The van der Waals surface area contributed by atoms with Crippen molar-refractivity contribution in [2.75, 3.05) is 44.7 Å². The van der Waals surface area contributed by atoms with Crippen LogP contribution in [0.3, 0.4) is 0 Å². The van der Waals surface area contributed by atoms with E-state index in [1.54, 1.807) is 6.20 Å². The summed E-state index contributed by atoms with van der Waals surface area (Å²) in [5.41, 5.74) is 2.73. The SMILES string of the molecule is Cn1ccnc1-c1nc(NCCCN2CCOCC2)ncc1-c1ccc(Cl)cc1. The van der Waals surface area contributed by atoms with Crippen LogP contribution in [0.15, 0.2) is 42.9 Å². The number of ether oxygens (including phenoxy) is 1. The van der Waals surface area contributed by atoms with Gasteiger partial charge in [0.2, 0.25) is 5.95 Å². The molecule has 1 aliphatic heterocycles. The Kier molecular flexibility index (Phi) is 6.39. The van der Waals surface area contributed by atoms with Gasteiger partial charge >= 0.3 is 0 Å². The molecule has 7 nitrogen and oxygen atoms in total. The number of nitrogens with one attached hydrogen (secondary N) is 1. The first kappa shape index (κ1) is 19.8. The lowest BCUT2D eigenvalue weighted by atomic mass is 10.1. The summed E-state index contributed by atoms with van der Waals surface area (Å²) in [6, 6.07) is 7.69. The van der Waals surface area contributed by atoms with Gasteiger partial charge < -0.3 is 14.6 Å². The minimum Gasteiger partial charge on any atom is -0.379 e. The molecule has 29 heavy (non-hydrogen) atoms. The minimum absolute atomic E-state index is 0.614. The highest BCUT2D eigenvalue weighted by atomic mass is 35.5. The zero-order chi connectivity index (χ0) is 20.1. The van der Waals surface area contributed by atoms with Crippen LogP contribution in [0.5, 0.6) is 0 Å². The van der Waals surface area contributed by atoms with Gasteiger partial charge in [0.05, 0.1) is 13.2 Å². The molecule has 3 heterocycles. The van der Waals surface area contributed by atoms with Crippen molar-refractivity contribution in [3.63, 3.8) is 0 Å². The third-order valence-electron chi connectivity index (χ3n) is 5.01. The summed E-state index contributed by atoms with van der Waals surface area (Å²) in [6.07, 6.45) is 6.57. The van der Waals surface area contributed by atoms with E-state index >= 15 is 0 Å². The van der Waals surface area contributed by atoms with Gasteiger partial charge in [0, 0.05) is 55.9 Å². The van der Waals surface area contributed by atoms with E-state index in [2.05, 4.69) is 20.2 Å². The van der Waals surface area contributed by atoms with Crippen LogP contribution >= 0.6 is 11.6 Å². The number of aryl methyl sites for hydroxylation is 1. The van der Waals surface area contributed by atoms with Crippen LogP contribution in [0, 0.1) is 0 Å². The molecule has 1 aliphatic rings. The molecule has 8 heteroatoms. The average Bonchev–Trinajstić information content (AvgIpc) is 3.18. The summed E-state index contributed by atoms with van der Waals surface area (Å²) in [6.45, 7) is 5.54. The smallest absolute Gasteiger partial charge is 0.223 e. The zero-order valence-corrected chi connectivity index (χ0v) is 17.3. The molecule has 1 aromatic carbocycles. The number of morpholine rings is 1. The average molecular weight is 413 g/mol. The van der Waals surface area contributed by atoms with Crippen molar-refractivity contribution in [3.8, 4) is 22.6 Å². The predicted molar refractivity (Wildman–Crippen MR) is 115 cm³/mol. The number of benzene rings is 1. The standard InChI is InChI=1S/C21H25ClN6O/c1-27-10-8-23-20(27)19-18(16-3-5-17(22)6-4-16)15-25-21(26-19)24-7-2-9-28-11-13-29-14-12-28/h3-6,8,10,15H,2,7,9,11-14H2,1H3,(H,24,25,26). The number of imidazole rings is 1. The Hall–Kier alpha value is -2.48. The molecule has 0 saturated carbocycles. The van der Waals surface area contributed by atoms with Crippen molar-refractivity contribution >= 4 is 17.5 Å². The van der Waals surface area contributed by atoms with Crippen molar-refractivity contribution in [3.05, 3.63) is 47.9 Å². The highest BCUT2D eigenvalue weighted by Crippen LogP contribution is 2.30. The molecule has 0 amide bonds. The maximum atomic E-state index is 6.05. The number of hydrogen-bond acceptors (Lipinski definition) is 6. The van der Waals surface area contributed by atoms with Gasteiger partial charge in [-0.3, -0.25) is 4.90 Å². The second-order valence-electron chi connectivity index (χ2n) is 7.06. The van der Waals surface area contributed by atoms with Gasteiger partial charge in [-0.2, -0.15) is 0 Å². The molecule has 1 N–H and O–H groups in total. The van der Waals surface area contributed by atoms with Crippen LogP contribution in [0.4, 0.5) is 5.95 Å². The number of rotatable bonds is 7. The van der Waals surface area contributed by atoms with E-state index in [9.17, 15) is 0 Å². The number of anilines is 1. The molecule has 0 spiro atoms. The van der Waals surface area contributed by atoms with Crippen LogP contribution in [0.1, 0.15) is 6.42 Å². The van der Waals surface area contributed by atoms with E-state index in [0.29, 0.717) is 11.0 Å². The fraction of sp³-hybridized carbons (Fsp3) is 0.381. The molecule has 152 valence electrons. The number of aromatic nitrogens is 4. The van der Waals surface area contributed by atoms with Crippen LogP contribution in [0.2, 0.25) is 5.02 Å². The highest BCUT2D eigenvalue weighted by molar-refractivity contribution is 6.30. The first-order valence-electron chi connectivity index (χ1n) is 9.85. The van der Waals surface area contributed by atoms with Crippen molar-refractivity contribution in [2.45, 2.75) is 6.42 Å². The Morgan fingerprint density at radius 1 is 1.14 bits per heavy atom. The lowest BCUT2D eigenvalue weighted by molar-refractivity contribution is 0.0378. The van der Waals surface area contributed by atoms with Crippen molar-refractivity contribution in [1.82, 2.24) is 24.4 Å².